The number of carbonyl (C=O) groups excluding carboxylic acids is 1. The van der Waals surface area contributed by atoms with Crippen molar-refractivity contribution in [2.45, 2.75) is 50.7 Å². The number of hydrogen-bond acceptors (Lipinski definition) is 4. The van der Waals surface area contributed by atoms with Crippen molar-refractivity contribution in [3.63, 3.8) is 0 Å². The number of likely N-dealkylation sites (tertiary alicyclic amines) is 1. The molecule has 1 aliphatic carbocycles. The third-order valence-corrected chi connectivity index (χ3v) is 4.20. The fraction of sp³-hybridized carbons (Fsp3) is 0.923. The van der Waals surface area contributed by atoms with Crippen molar-refractivity contribution in [2.24, 2.45) is 5.92 Å². The number of aliphatic hydroxyl groups is 1. The van der Waals surface area contributed by atoms with E-state index in [1.807, 2.05) is 0 Å². The van der Waals surface area contributed by atoms with E-state index in [1.54, 1.807) is 0 Å². The molecular formula is C13H23NO3. The van der Waals surface area contributed by atoms with Gasteiger partial charge in [0.25, 0.3) is 0 Å². The average molecular weight is 241 g/mol. The lowest BCUT2D eigenvalue weighted by Crippen LogP contribution is -2.51. The molecule has 0 aromatic carbocycles. The maximum atomic E-state index is 11.6. The SMILES string of the molecule is COC(=O)[C@@H]1CN(C2CCCCC2)CC[C@H]1O. The largest absolute Gasteiger partial charge is 0.469 e. The van der Waals surface area contributed by atoms with E-state index in [9.17, 15) is 9.90 Å². The van der Waals surface area contributed by atoms with E-state index in [1.165, 1.54) is 39.2 Å². The van der Waals surface area contributed by atoms with Crippen LogP contribution in [0.2, 0.25) is 0 Å². The minimum atomic E-state index is -0.526. The van der Waals surface area contributed by atoms with Crippen LogP contribution >= 0.6 is 0 Å². The molecule has 0 spiro atoms. The summed E-state index contributed by atoms with van der Waals surface area (Å²) in [5, 5.41) is 9.86. The fourth-order valence-corrected chi connectivity index (χ4v) is 3.13. The van der Waals surface area contributed by atoms with Gasteiger partial charge < -0.3 is 9.84 Å². The van der Waals surface area contributed by atoms with E-state index in [4.69, 9.17) is 4.74 Å². The van der Waals surface area contributed by atoms with Crippen LogP contribution < -0.4 is 0 Å². The van der Waals surface area contributed by atoms with E-state index in [-0.39, 0.29) is 11.9 Å². The van der Waals surface area contributed by atoms with Crippen LogP contribution in [-0.2, 0) is 9.53 Å². The molecule has 0 aromatic rings. The molecule has 0 radical (unpaired) electrons. The van der Waals surface area contributed by atoms with Gasteiger partial charge in [0, 0.05) is 19.1 Å². The number of esters is 1. The molecule has 17 heavy (non-hydrogen) atoms. The lowest BCUT2D eigenvalue weighted by molar-refractivity contribution is -0.153. The summed E-state index contributed by atoms with van der Waals surface area (Å²) in [5.41, 5.74) is 0. The molecule has 0 amide bonds. The highest BCUT2D eigenvalue weighted by Gasteiger charge is 2.36. The van der Waals surface area contributed by atoms with E-state index in [0.717, 1.165) is 6.54 Å². The summed E-state index contributed by atoms with van der Waals surface area (Å²) >= 11 is 0. The smallest absolute Gasteiger partial charge is 0.312 e. The Bertz CT molecular complexity index is 263. The molecule has 1 saturated heterocycles. The molecule has 2 rings (SSSR count). The molecule has 1 saturated carbocycles. The predicted molar refractivity (Wildman–Crippen MR) is 64.6 cm³/mol. The Labute approximate surface area is 103 Å². The Hall–Kier alpha value is -0.610. The summed E-state index contributed by atoms with van der Waals surface area (Å²) in [5.74, 6) is -0.617. The summed E-state index contributed by atoms with van der Waals surface area (Å²) in [7, 11) is 1.40. The summed E-state index contributed by atoms with van der Waals surface area (Å²) in [6.45, 7) is 1.58. The number of ether oxygens (including phenoxy) is 1. The van der Waals surface area contributed by atoms with Gasteiger partial charge >= 0.3 is 5.97 Å². The van der Waals surface area contributed by atoms with Crippen LogP contribution in [0.25, 0.3) is 0 Å². The standard InChI is InChI=1S/C13H23NO3/c1-17-13(16)11-9-14(8-7-12(11)15)10-5-3-2-4-6-10/h10-12,15H,2-9H2,1H3/t11-,12-/m1/s1. The normalized spacial score (nSPS) is 32.4. The van der Waals surface area contributed by atoms with E-state index in [0.29, 0.717) is 19.0 Å². The van der Waals surface area contributed by atoms with Gasteiger partial charge in [0.05, 0.1) is 19.1 Å². The second kappa shape index (κ2) is 5.83. The number of nitrogens with zero attached hydrogens (tertiary/aromatic N) is 1. The van der Waals surface area contributed by atoms with Crippen LogP contribution in [-0.4, -0.2) is 48.3 Å². The molecule has 1 N–H and O–H groups in total. The number of piperidine rings is 1. The van der Waals surface area contributed by atoms with Crippen LogP contribution in [0.5, 0.6) is 0 Å². The van der Waals surface area contributed by atoms with Gasteiger partial charge in [-0.3, -0.25) is 9.69 Å². The molecule has 2 aliphatic rings. The van der Waals surface area contributed by atoms with Crippen molar-refractivity contribution in [3.8, 4) is 0 Å². The molecule has 0 aromatic heterocycles. The van der Waals surface area contributed by atoms with Crippen molar-refractivity contribution in [1.29, 1.82) is 0 Å². The molecule has 2 atom stereocenters. The number of methoxy groups -OCH3 is 1. The van der Waals surface area contributed by atoms with Gasteiger partial charge in [-0.05, 0) is 19.3 Å². The highest BCUT2D eigenvalue weighted by molar-refractivity contribution is 5.73. The van der Waals surface area contributed by atoms with Crippen LogP contribution in [0.4, 0.5) is 0 Å². The van der Waals surface area contributed by atoms with Crippen molar-refractivity contribution >= 4 is 5.97 Å². The number of aliphatic hydroxyl groups excluding tert-OH is 1. The van der Waals surface area contributed by atoms with Crippen molar-refractivity contribution in [1.82, 2.24) is 4.90 Å². The molecule has 0 bridgehead atoms. The molecule has 2 fully saturated rings. The first-order chi connectivity index (χ1) is 8.22. The first kappa shape index (κ1) is 12.8. The van der Waals surface area contributed by atoms with Crippen molar-refractivity contribution in [2.75, 3.05) is 20.2 Å². The zero-order chi connectivity index (χ0) is 12.3. The minimum Gasteiger partial charge on any atom is -0.469 e. The lowest BCUT2D eigenvalue weighted by Gasteiger charge is -2.41. The quantitative estimate of drug-likeness (QED) is 0.737. The maximum Gasteiger partial charge on any atom is 0.312 e. The van der Waals surface area contributed by atoms with Gasteiger partial charge in [-0.2, -0.15) is 0 Å². The highest BCUT2D eigenvalue weighted by atomic mass is 16.5. The molecular weight excluding hydrogens is 218 g/mol. The second-order valence-corrected chi connectivity index (χ2v) is 5.27. The predicted octanol–water partition coefficient (Wildman–Crippen LogP) is 1.17. The third-order valence-electron chi connectivity index (χ3n) is 4.20. The topological polar surface area (TPSA) is 49.8 Å². The zero-order valence-corrected chi connectivity index (χ0v) is 10.6. The summed E-state index contributed by atoms with van der Waals surface area (Å²) in [4.78, 5) is 14.0. The van der Waals surface area contributed by atoms with E-state index >= 15 is 0 Å². The Morgan fingerprint density at radius 2 is 1.94 bits per heavy atom. The Kier molecular flexibility index (Phi) is 4.40. The number of hydrogen-bond donors (Lipinski definition) is 1. The maximum absolute atomic E-state index is 11.6. The first-order valence-electron chi connectivity index (χ1n) is 6.72. The molecule has 98 valence electrons. The van der Waals surface area contributed by atoms with E-state index in [2.05, 4.69) is 4.90 Å². The molecule has 1 aliphatic heterocycles. The van der Waals surface area contributed by atoms with Gasteiger partial charge in [0.2, 0.25) is 0 Å². The van der Waals surface area contributed by atoms with Crippen molar-refractivity contribution < 1.29 is 14.6 Å². The second-order valence-electron chi connectivity index (χ2n) is 5.27. The molecule has 0 unspecified atom stereocenters. The Balaban J connectivity index is 1.94. The van der Waals surface area contributed by atoms with Gasteiger partial charge in [-0.25, -0.2) is 0 Å². The van der Waals surface area contributed by atoms with Crippen molar-refractivity contribution in [3.05, 3.63) is 0 Å². The molecule has 4 heteroatoms. The van der Waals surface area contributed by atoms with Crippen LogP contribution in [0.1, 0.15) is 38.5 Å². The van der Waals surface area contributed by atoms with Crippen LogP contribution in [0.3, 0.4) is 0 Å². The Morgan fingerprint density at radius 1 is 1.24 bits per heavy atom. The minimum absolute atomic E-state index is 0.266. The van der Waals surface area contributed by atoms with Gasteiger partial charge in [-0.15, -0.1) is 0 Å². The summed E-state index contributed by atoms with van der Waals surface area (Å²) in [6.07, 6.45) is 6.58. The summed E-state index contributed by atoms with van der Waals surface area (Å²) in [6, 6.07) is 0.614. The number of rotatable bonds is 2. The average Bonchev–Trinajstić information content (AvgIpc) is 2.39. The van der Waals surface area contributed by atoms with Gasteiger partial charge in [0.15, 0.2) is 0 Å². The Morgan fingerprint density at radius 3 is 2.59 bits per heavy atom. The monoisotopic (exact) mass is 241 g/mol. The molecule has 4 nitrogen and oxygen atoms in total. The first-order valence-corrected chi connectivity index (χ1v) is 6.72. The lowest BCUT2D eigenvalue weighted by atomic mass is 9.89. The number of carbonyl (C=O) groups is 1. The van der Waals surface area contributed by atoms with Crippen LogP contribution in [0, 0.1) is 5.92 Å². The van der Waals surface area contributed by atoms with Gasteiger partial charge in [-0.1, -0.05) is 19.3 Å². The van der Waals surface area contributed by atoms with Gasteiger partial charge in [0.1, 0.15) is 0 Å². The zero-order valence-electron chi connectivity index (χ0n) is 10.6. The van der Waals surface area contributed by atoms with Crippen LogP contribution in [0.15, 0.2) is 0 Å². The molecule has 1 heterocycles. The third kappa shape index (κ3) is 2.99. The van der Waals surface area contributed by atoms with E-state index < -0.39 is 6.10 Å². The summed E-state index contributed by atoms with van der Waals surface area (Å²) < 4.78 is 4.77. The highest BCUT2D eigenvalue weighted by Crippen LogP contribution is 2.27. The fourth-order valence-electron chi connectivity index (χ4n) is 3.13.